The summed E-state index contributed by atoms with van der Waals surface area (Å²) in [5.74, 6) is -0.545. The number of halogens is 2. The highest BCUT2D eigenvalue weighted by molar-refractivity contribution is 14.1. The molecule has 19 heavy (non-hydrogen) atoms. The molecule has 1 heterocycles. The van der Waals surface area contributed by atoms with E-state index in [1.54, 1.807) is 12.1 Å². The van der Waals surface area contributed by atoms with Crippen molar-refractivity contribution in [3.63, 3.8) is 0 Å². The number of benzene rings is 1. The van der Waals surface area contributed by atoms with Gasteiger partial charge in [-0.25, -0.2) is 4.39 Å². The first-order chi connectivity index (χ1) is 9.00. The van der Waals surface area contributed by atoms with E-state index in [0.717, 1.165) is 25.9 Å². The number of hydrogen-bond donors (Lipinski definition) is 2. The predicted octanol–water partition coefficient (Wildman–Crippen LogP) is 2.55. The number of piperidine rings is 1. The van der Waals surface area contributed by atoms with Crippen LogP contribution in [0, 0.1) is 14.8 Å². The van der Waals surface area contributed by atoms with Gasteiger partial charge in [0, 0.05) is 15.7 Å². The summed E-state index contributed by atoms with van der Waals surface area (Å²) in [6.07, 6.45) is 2.10. The summed E-state index contributed by atoms with van der Waals surface area (Å²) in [6.45, 7) is 4.80. The maximum Gasteiger partial charge on any atom is 0.251 e. The van der Waals surface area contributed by atoms with Crippen molar-refractivity contribution in [3.05, 3.63) is 33.1 Å². The van der Waals surface area contributed by atoms with E-state index in [2.05, 4.69) is 17.6 Å². The lowest BCUT2D eigenvalue weighted by molar-refractivity contribution is 0.0922. The standard InChI is InChI=1S/C14H18FIN2O/c1-14(4-6-17-7-5-14)9-18-13(19)10-2-3-12(16)11(15)8-10/h2-3,8,17H,4-7,9H2,1H3,(H,18,19). The van der Waals surface area contributed by atoms with Gasteiger partial charge in [-0.15, -0.1) is 0 Å². The Kier molecular flexibility index (Phi) is 4.78. The second kappa shape index (κ2) is 6.17. The maximum atomic E-state index is 13.4. The van der Waals surface area contributed by atoms with Crippen LogP contribution in [-0.2, 0) is 0 Å². The molecule has 0 aromatic heterocycles. The van der Waals surface area contributed by atoms with Crippen LogP contribution < -0.4 is 10.6 Å². The minimum Gasteiger partial charge on any atom is -0.351 e. The van der Waals surface area contributed by atoms with Crippen molar-refractivity contribution in [1.82, 2.24) is 10.6 Å². The van der Waals surface area contributed by atoms with Gasteiger partial charge in [-0.3, -0.25) is 4.79 Å². The average molecular weight is 376 g/mol. The summed E-state index contributed by atoms with van der Waals surface area (Å²) in [7, 11) is 0. The fourth-order valence-electron chi connectivity index (χ4n) is 2.24. The zero-order valence-electron chi connectivity index (χ0n) is 10.9. The van der Waals surface area contributed by atoms with E-state index in [-0.39, 0.29) is 17.1 Å². The molecule has 2 rings (SSSR count). The maximum absolute atomic E-state index is 13.4. The van der Waals surface area contributed by atoms with E-state index in [9.17, 15) is 9.18 Å². The molecule has 104 valence electrons. The van der Waals surface area contributed by atoms with Crippen LogP contribution in [0.4, 0.5) is 4.39 Å². The van der Waals surface area contributed by atoms with Crippen molar-refractivity contribution in [2.24, 2.45) is 5.41 Å². The summed E-state index contributed by atoms with van der Waals surface area (Å²) >= 11 is 1.91. The lowest BCUT2D eigenvalue weighted by Crippen LogP contribution is -2.42. The van der Waals surface area contributed by atoms with Gasteiger partial charge in [-0.2, -0.15) is 0 Å². The molecule has 0 aliphatic carbocycles. The van der Waals surface area contributed by atoms with E-state index in [4.69, 9.17) is 0 Å². The lowest BCUT2D eigenvalue weighted by Gasteiger charge is -2.34. The molecule has 0 bridgehead atoms. The van der Waals surface area contributed by atoms with Gasteiger partial charge in [-0.05, 0) is 72.1 Å². The molecule has 0 saturated carbocycles. The van der Waals surface area contributed by atoms with Crippen LogP contribution in [-0.4, -0.2) is 25.5 Å². The van der Waals surface area contributed by atoms with Crippen molar-refractivity contribution in [2.45, 2.75) is 19.8 Å². The molecule has 1 aliphatic rings. The molecule has 1 amide bonds. The van der Waals surface area contributed by atoms with Gasteiger partial charge in [0.05, 0.1) is 0 Å². The van der Waals surface area contributed by atoms with Crippen molar-refractivity contribution >= 4 is 28.5 Å². The highest BCUT2D eigenvalue weighted by atomic mass is 127. The average Bonchev–Trinajstić information content (AvgIpc) is 2.40. The van der Waals surface area contributed by atoms with Crippen molar-refractivity contribution in [2.75, 3.05) is 19.6 Å². The molecule has 5 heteroatoms. The van der Waals surface area contributed by atoms with Crippen LogP contribution in [0.25, 0.3) is 0 Å². The van der Waals surface area contributed by atoms with E-state index in [1.165, 1.54) is 6.07 Å². The molecular weight excluding hydrogens is 358 g/mol. The smallest absolute Gasteiger partial charge is 0.251 e. The fraction of sp³-hybridized carbons (Fsp3) is 0.500. The first-order valence-electron chi connectivity index (χ1n) is 6.44. The number of hydrogen-bond acceptors (Lipinski definition) is 2. The zero-order chi connectivity index (χ0) is 13.9. The third-order valence-electron chi connectivity index (χ3n) is 3.67. The number of rotatable bonds is 3. The third-order valence-corrected chi connectivity index (χ3v) is 4.54. The summed E-state index contributed by atoms with van der Waals surface area (Å²) in [6, 6.07) is 4.57. The molecule has 1 fully saturated rings. The molecule has 1 aromatic rings. The van der Waals surface area contributed by atoms with E-state index in [1.807, 2.05) is 22.6 Å². The first-order valence-corrected chi connectivity index (χ1v) is 7.52. The van der Waals surface area contributed by atoms with Gasteiger partial charge >= 0.3 is 0 Å². The van der Waals surface area contributed by atoms with Crippen LogP contribution in [0.1, 0.15) is 30.1 Å². The predicted molar refractivity (Wildman–Crippen MR) is 81.7 cm³/mol. The Morgan fingerprint density at radius 2 is 2.16 bits per heavy atom. The molecule has 3 nitrogen and oxygen atoms in total. The van der Waals surface area contributed by atoms with Crippen LogP contribution >= 0.6 is 22.6 Å². The Labute approximate surface area is 126 Å². The van der Waals surface area contributed by atoms with Crippen LogP contribution in [0.15, 0.2) is 18.2 Å². The van der Waals surface area contributed by atoms with Crippen molar-refractivity contribution in [3.8, 4) is 0 Å². The summed E-state index contributed by atoms with van der Waals surface area (Å²) in [4.78, 5) is 12.0. The Morgan fingerprint density at radius 1 is 1.47 bits per heavy atom. The minimum absolute atomic E-state index is 0.142. The van der Waals surface area contributed by atoms with Gasteiger partial charge in [0.15, 0.2) is 0 Å². The highest BCUT2D eigenvalue weighted by Crippen LogP contribution is 2.26. The van der Waals surface area contributed by atoms with Gasteiger partial charge < -0.3 is 10.6 Å². The number of nitrogens with one attached hydrogen (secondary N) is 2. The Bertz CT molecular complexity index is 473. The second-order valence-corrected chi connectivity index (χ2v) is 6.53. The summed E-state index contributed by atoms with van der Waals surface area (Å²) in [5, 5.41) is 6.23. The summed E-state index contributed by atoms with van der Waals surface area (Å²) in [5.41, 5.74) is 0.526. The van der Waals surface area contributed by atoms with Gasteiger partial charge in [0.1, 0.15) is 5.82 Å². The number of amides is 1. The molecule has 1 aromatic carbocycles. The monoisotopic (exact) mass is 376 g/mol. The fourth-order valence-corrected chi connectivity index (χ4v) is 2.58. The minimum atomic E-state index is -0.346. The number of carbonyl (C=O) groups is 1. The van der Waals surface area contributed by atoms with E-state index >= 15 is 0 Å². The Balaban J connectivity index is 1.95. The first kappa shape index (κ1) is 14.7. The van der Waals surface area contributed by atoms with Crippen molar-refractivity contribution < 1.29 is 9.18 Å². The second-order valence-electron chi connectivity index (χ2n) is 5.37. The largest absolute Gasteiger partial charge is 0.351 e. The quantitative estimate of drug-likeness (QED) is 0.797. The third kappa shape index (κ3) is 3.89. The zero-order valence-corrected chi connectivity index (χ0v) is 13.1. The molecule has 0 atom stereocenters. The SMILES string of the molecule is CC1(CNC(=O)c2ccc(I)c(F)c2)CCNCC1. The molecule has 2 N–H and O–H groups in total. The van der Waals surface area contributed by atoms with Crippen LogP contribution in [0.2, 0.25) is 0 Å². The molecule has 0 radical (unpaired) electrons. The molecule has 0 unspecified atom stereocenters. The van der Waals surface area contributed by atoms with Crippen molar-refractivity contribution in [1.29, 1.82) is 0 Å². The van der Waals surface area contributed by atoms with Crippen LogP contribution in [0.5, 0.6) is 0 Å². The number of carbonyl (C=O) groups excluding carboxylic acids is 1. The van der Waals surface area contributed by atoms with E-state index in [0.29, 0.717) is 15.7 Å². The molecule has 1 saturated heterocycles. The molecule has 1 aliphatic heterocycles. The Morgan fingerprint density at radius 3 is 2.79 bits per heavy atom. The normalized spacial score (nSPS) is 18.1. The van der Waals surface area contributed by atoms with E-state index < -0.39 is 0 Å². The lowest BCUT2D eigenvalue weighted by atomic mass is 9.81. The topological polar surface area (TPSA) is 41.1 Å². The highest BCUT2D eigenvalue weighted by Gasteiger charge is 2.27. The molecule has 0 spiro atoms. The van der Waals surface area contributed by atoms with Gasteiger partial charge in [-0.1, -0.05) is 6.92 Å². The Hall–Kier alpha value is -0.690. The summed E-state index contributed by atoms with van der Waals surface area (Å²) < 4.78 is 13.9. The molecular formula is C14H18FIN2O. The van der Waals surface area contributed by atoms with Gasteiger partial charge in [0.2, 0.25) is 0 Å². The van der Waals surface area contributed by atoms with Crippen LogP contribution in [0.3, 0.4) is 0 Å². The van der Waals surface area contributed by atoms with Gasteiger partial charge in [0.25, 0.3) is 5.91 Å².